The van der Waals surface area contributed by atoms with Crippen LogP contribution in [0.25, 0.3) is 45.0 Å². The molecule has 4 unspecified atom stereocenters. The van der Waals surface area contributed by atoms with Gasteiger partial charge in [0.25, 0.3) is 0 Å². The van der Waals surface area contributed by atoms with Gasteiger partial charge >= 0.3 is 0 Å². The standard InChI is InChI=1S/C93H63B7N2O3/c1-3-51-30-32-52(33-31-51)49-91(79-81(94)83(96)85(98)86(99)88(79)103)70-26-14-11-22-61(70)64-40-36-57(45-74(64)91)101(55-18-7-5-8-19-55)59-37-41-65-62-23-12-15-27-71(62)93(76(65)47-59)72-28-16-13-24-63(72)66-42-38-60(48-77(66)93)102(56-20-9-6-10-21-56)58-39-43-68-75(46-58)92(80-82(95)84(97)87(100)90(105)89(80)104)50-53-34-35-54(4-2)69(44-53)67-25-17-29-73(92)78(67)68/h3-16,18-28,30-33,36-48,54,69,103-105H,1-2,17,29,34-35,49-50H2/t54?,69-,91?,92?,93?/m1/s1. The maximum Gasteiger partial charge on any atom is 0.160 e. The number of hydrogen-bond acceptors (Lipinski definition) is 5. The molecule has 7 aliphatic carbocycles. The minimum Gasteiger partial charge on any atom is -0.508 e. The van der Waals surface area contributed by atoms with Crippen molar-refractivity contribution in [2.24, 2.45) is 11.8 Å². The zero-order chi connectivity index (χ0) is 71.7. The fourth-order valence-electron chi connectivity index (χ4n) is 19.9. The number of phenolic OH excluding ortho intramolecular Hbond substituents is 3. The average molecular weight is 1330 g/mol. The predicted octanol–water partition coefficient (Wildman–Crippen LogP) is 14.2. The molecule has 0 aromatic heterocycles. The van der Waals surface area contributed by atoms with Gasteiger partial charge in [-0.2, -0.15) is 0 Å². The van der Waals surface area contributed by atoms with Crippen LogP contribution in [0, 0.1) is 11.8 Å². The van der Waals surface area contributed by atoms with Crippen LogP contribution in [0.2, 0.25) is 0 Å². The first kappa shape index (κ1) is 64.6. The number of fused-ring (bicyclic) bond motifs is 17. The van der Waals surface area contributed by atoms with Gasteiger partial charge in [0.2, 0.25) is 0 Å². The van der Waals surface area contributed by atoms with Crippen LogP contribution in [0.15, 0.2) is 279 Å². The summed E-state index contributed by atoms with van der Waals surface area (Å²) in [5.74, 6) is -0.669. The molecule has 12 aromatic rings. The Labute approximate surface area is 622 Å². The van der Waals surface area contributed by atoms with Gasteiger partial charge in [-0.1, -0.05) is 216 Å². The van der Waals surface area contributed by atoms with E-state index in [9.17, 15) is 15.3 Å². The highest BCUT2D eigenvalue weighted by Crippen LogP contribution is 2.67. The lowest BCUT2D eigenvalue weighted by Gasteiger charge is -2.43. The Morgan fingerprint density at radius 1 is 0.419 bits per heavy atom. The second-order valence-corrected chi connectivity index (χ2v) is 29.3. The summed E-state index contributed by atoms with van der Waals surface area (Å²) >= 11 is 0. The third kappa shape index (κ3) is 8.92. The summed E-state index contributed by atoms with van der Waals surface area (Å²) in [5.41, 5.74) is 25.4. The maximum absolute atomic E-state index is 12.7. The summed E-state index contributed by atoms with van der Waals surface area (Å²) in [6.45, 7) is 8.41. The number of phenols is 3. The summed E-state index contributed by atoms with van der Waals surface area (Å²) in [7, 11) is 48.1. The number of aromatic hydroxyl groups is 3. The molecule has 14 radical (unpaired) electrons. The Morgan fingerprint density at radius 2 is 0.886 bits per heavy atom. The van der Waals surface area contributed by atoms with E-state index in [1.165, 1.54) is 27.8 Å². The van der Waals surface area contributed by atoms with E-state index in [1.807, 2.05) is 24.3 Å². The highest BCUT2D eigenvalue weighted by molar-refractivity contribution is 6.63. The summed E-state index contributed by atoms with van der Waals surface area (Å²) < 4.78 is 0. The van der Waals surface area contributed by atoms with E-state index in [4.69, 9.17) is 54.9 Å². The van der Waals surface area contributed by atoms with Crippen LogP contribution in [-0.2, 0) is 22.7 Å². The molecule has 3 N–H and O–H groups in total. The number of para-hydroxylation sites is 2. The van der Waals surface area contributed by atoms with Crippen molar-refractivity contribution in [1.29, 1.82) is 0 Å². The van der Waals surface area contributed by atoms with Gasteiger partial charge in [-0.25, -0.2) is 0 Å². The Kier molecular flexibility index (Phi) is 14.7. The van der Waals surface area contributed by atoms with Gasteiger partial charge in [-0.3, -0.25) is 0 Å². The van der Waals surface area contributed by atoms with E-state index in [0.717, 1.165) is 137 Å². The zero-order valence-corrected chi connectivity index (χ0v) is 57.8. The van der Waals surface area contributed by atoms with Crippen molar-refractivity contribution in [3.63, 3.8) is 0 Å². The monoisotopic (exact) mass is 1330 g/mol. The number of rotatable bonds is 12. The second kappa shape index (κ2) is 23.9. The molecule has 19 rings (SSSR count). The van der Waals surface area contributed by atoms with Crippen molar-refractivity contribution < 1.29 is 15.3 Å². The zero-order valence-electron chi connectivity index (χ0n) is 57.8. The minimum absolute atomic E-state index is 0.0313. The quantitative estimate of drug-likeness (QED) is 0.0646. The van der Waals surface area contributed by atoms with Gasteiger partial charge in [-0.15, -0.1) is 23.0 Å². The van der Waals surface area contributed by atoms with Crippen LogP contribution < -0.4 is 48.0 Å². The van der Waals surface area contributed by atoms with Crippen molar-refractivity contribution in [1.82, 2.24) is 0 Å². The topological polar surface area (TPSA) is 67.2 Å². The molecule has 7 aliphatic rings. The lowest BCUT2D eigenvalue weighted by atomic mass is 9.57. The summed E-state index contributed by atoms with van der Waals surface area (Å²) in [4.78, 5) is 4.69. The predicted molar refractivity (Wildman–Crippen MR) is 437 cm³/mol. The van der Waals surface area contributed by atoms with Gasteiger partial charge < -0.3 is 25.1 Å². The Balaban J connectivity index is 0.820. The first-order valence-corrected chi connectivity index (χ1v) is 36.0. The molecule has 0 amide bonds. The highest BCUT2D eigenvalue weighted by Gasteiger charge is 2.56. The number of hydrogen-bond donors (Lipinski definition) is 3. The molecule has 0 heterocycles. The van der Waals surface area contributed by atoms with E-state index >= 15 is 0 Å². The van der Waals surface area contributed by atoms with Crippen LogP contribution in [-0.4, -0.2) is 70.2 Å². The molecular formula is C93H63B7N2O3. The highest BCUT2D eigenvalue weighted by atomic mass is 16.3. The molecule has 105 heavy (non-hydrogen) atoms. The lowest BCUT2D eigenvalue weighted by Crippen LogP contribution is -2.52. The molecule has 5 nitrogen and oxygen atoms in total. The van der Waals surface area contributed by atoms with Crippen LogP contribution in [0.4, 0.5) is 34.1 Å². The van der Waals surface area contributed by atoms with Crippen molar-refractivity contribution >= 4 is 139 Å². The van der Waals surface area contributed by atoms with Gasteiger partial charge in [0.1, 0.15) is 66.4 Å². The first-order valence-electron chi connectivity index (χ1n) is 36.0. The molecule has 6 bridgehead atoms. The van der Waals surface area contributed by atoms with E-state index < -0.39 is 22.0 Å². The van der Waals surface area contributed by atoms with Crippen LogP contribution in [0.1, 0.15) is 98.9 Å². The summed E-state index contributed by atoms with van der Waals surface area (Å²) in [5, 5.41) is 37.1. The molecule has 12 aromatic carbocycles. The number of anilines is 6. The van der Waals surface area contributed by atoms with Gasteiger partial charge in [0, 0.05) is 56.6 Å². The smallest absolute Gasteiger partial charge is 0.160 e. The summed E-state index contributed by atoms with van der Waals surface area (Å²) in [6, 6.07) is 82.8. The molecule has 484 valence electrons. The Hall–Kier alpha value is -11.2. The average Bonchev–Trinajstić information content (AvgIpc) is 1.52. The first-order chi connectivity index (χ1) is 51.1. The van der Waals surface area contributed by atoms with Crippen molar-refractivity contribution in [3.8, 4) is 50.6 Å². The summed E-state index contributed by atoms with van der Waals surface area (Å²) in [6.07, 6.45) is 13.0. The van der Waals surface area contributed by atoms with Crippen LogP contribution >= 0.6 is 0 Å². The van der Waals surface area contributed by atoms with E-state index in [0.29, 0.717) is 30.4 Å². The molecule has 12 heteroatoms. The van der Waals surface area contributed by atoms with E-state index in [1.54, 1.807) is 0 Å². The van der Waals surface area contributed by atoms with E-state index in [-0.39, 0.29) is 61.6 Å². The van der Waals surface area contributed by atoms with Gasteiger partial charge in [0.05, 0.1) is 10.8 Å². The van der Waals surface area contributed by atoms with Gasteiger partial charge in [-0.05, 0) is 223 Å². The lowest BCUT2D eigenvalue weighted by molar-refractivity contribution is 0.390. The number of nitrogens with zero attached hydrogens (tertiary/aromatic N) is 2. The third-order valence-corrected chi connectivity index (χ3v) is 24.4. The minimum atomic E-state index is -1.15. The van der Waals surface area contributed by atoms with E-state index in [2.05, 4.69) is 254 Å². The van der Waals surface area contributed by atoms with Crippen molar-refractivity contribution in [3.05, 3.63) is 345 Å². The largest absolute Gasteiger partial charge is 0.508 e. The SMILES string of the molecule is [B]c1c([B])c([B])c(C2(Cc3ccc(C=C)cc3)c3ccccc3-c3ccc(N(c4ccccc4)c4ccc5c(c4)C4(c6ccccc6-c6ccc(N(c7ccccc7)c7ccc8c(c7)C7(c9c([B])c([B])c([B])c(O)c9O)CC9=C[C@@H](C%10=CCCC7=C%108)C(C=C)CC9)cc64)c4ccccc4-5)cc32)c(O)c1[B]. The molecule has 0 fully saturated rings. The molecule has 0 saturated heterocycles. The maximum atomic E-state index is 12.7. The normalized spacial score (nSPS) is 19.9. The Morgan fingerprint density at radius 3 is 1.46 bits per heavy atom. The molecule has 5 atom stereocenters. The third-order valence-electron chi connectivity index (χ3n) is 24.4. The van der Waals surface area contributed by atoms with Crippen LogP contribution in [0.3, 0.4) is 0 Å². The fraction of sp³-hybridized carbons (Fsp3) is 0.118. The fourth-order valence-corrected chi connectivity index (χ4v) is 19.9. The molecule has 1 spiro atoms. The van der Waals surface area contributed by atoms with Crippen molar-refractivity contribution in [2.45, 2.75) is 54.8 Å². The molecular weight excluding hydrogens is 1270 g/mol. The number of benzene rings is 12. The van der Waals surface area contributed by atoms with Crippen LogP contribution in [0.5, 0.6) is 17.2 Å². The molecule has 0 aliphatic heterocycles. The number of allylic oxidation sites excluding steroid dienone is 7. The Bertz CT molecular complexity index is 5830. The van der Waals surface area contributed by atoms with Crippen molar-refractivity contribution in [2.75, 3.05) is 9.80 Å². The second-order valence-electron chi connectivity index (χ2n) is 29.3. The van der Waals surface area contributed by atoms with Gasteiger partial charge in [0.15, 0.2) is 5.75 Å². The molecule has 0 saturated carbocycles.